The van der Waals surface area contributed by atoms with Crippen molar-refractivity contribution in [1.82, 2.24) is 9.88 Å². The van der Waals surface area contributed by atoms with Gasteiger partial charge in [0.05, 0.1) is 6.20 Å². The molecule has 0 aliphatic carbocycles. The Morgan fingerprint density at radius 1 is 1.35 bits per heavy atom. The van der Waals surface area contributed by atoms with E-state index < -0.39 is 0 Å². The van der Waals surface area contributed by atoms with Crippen LogP contribution >= 0.6 is 22.7 Å². The van der Waals surface area contributed by atoms with Crippen LogP contribution in [0.2, 0.25) is 0 Å². The Labute approximate surface area is 108 Å². The molecule has 3 rings (SSSR count). The highest BCUT2D eigenvalue weighted by Crippen LogP contribution is 2.28. The predicted molar refractivity (Wildman–Crippen MR) is 70.6 cm³/mol. The second-order valence-electron chi connectivity index (χ2n) is 4.04. The van der Waals surface area contributed by atoms with Gasteiger partial charge in [-0.2, -0.15) is 11.3 Å². The van der Waals surface area contributed by atoms with Crippen molar-refractivity contribution in [2.45, 2.75) is 12.8 Å². The number of carbonyl (C=O) groups is 1. The van der Waals surface area contributed by atoms with Gasteiger partial charge in [-0.15, -0.1) is 11.3 Å². The van der Waals surface area contributed by atoms with Gasteiger partial charge >= 0.3 is 0 Å². The summed E-state index contributed by atoms with van der Waals surface area (Å²) in [6.07, 6.45) is 3.96. The molecule has 17 heavy (non-hydrogen) atoms. The van der Waals surface area contributed by atoms with Crippen molar-refractivity contribution in [3.05, 3.63) is 27.9 Å². The van der Waals surface area contributed by atoms with Crippen LogP contribution in [0.3, 0.4) is 0 Å². The van der Waals surface area contributed by atoms with Gasteiger partial charge in [0, 0.05) is 24.0 Å². The normalized spacial score (nSPS) is 15.4. The molecule has 1 fully saturated rings. The van der Waals surface area contributed by atoms with Crippen molar-refractivity contribution >= 4 is 28.6 Å². The number of likely N-dealkylation sites (tertiary alicyclic amines) is 1. The molecule has 2 aromatic heterocycles. The average Bonchev–Trinajstić information content (AvgIpc) is 3.09. The molecule has 3 heterocycles. The summed E-state index contributed by atoms with van der Waals surface area (Å²) in [6, 6.07) is 2.04. The van der Waals surface area contributed by atoms with Gasteiger partial charge in [0.15, 0.2) is 0 Å². The summed E-state index contributed by atoms with van der Waals surface area (Å²) in [5, 5.41) is 5.02. The van der Waals surface area contributed by atoms with E-state index in [9.17, 15) is 4.79 Å². The maximum absolute atomic E-state index is 12.1. The van der Waals surface area contributed by atoms with E-state index in [0.29, 0.717) is 0 Å². The molecule has 1 amide bonds. The first-order chi connectivity index (χ1) is 8.34. The zero-order chi connectivity index (χ0) is 11.7. The predicted octanol–water partition coefficient (Wildman–Crippen LogP) is 3.11. The molecule has 0 N–H and O–H groups in total. The van der Waals surface area contributed by atoms with Crippen molar-refractivity contribution in [2.75, 3.05) is 13.1 Å². The lowest BCUT2D eigenvalue weighted by Crippen LogP contribution is -2.26. The molecule has 0 unspecified atom stereocenters. The monoisotopic (exact) mass is 264 g/mol. The van der Waals surface area contributed by atoms with Crippen molar-refractivity contribution in [2.24, 2.45) is 0 Å². The average molecular weight is 264 g/mol. The molecule has 0 saturated carbocycles. The van der Waals surface area contributed by atoms with Gasteiger partial charge in [-0.25, -0.2) is 4.98 Å². The van der Waals surface area contributed by atoms with Crippen LogP contribution in [-0.2, 0) is 0 Å². The van der Waals surface area contributed by atoms with Gasteiger partial charge in [-0.1, -0.05) is 0 Å². The number of nitrogens with zero attached hydrogens (tertiary/aromatic N) is 2. The van der Waals surface area contributed by atoms with E-state index in [2.05, 4.69) is 10.4 Å². The fraction of sp³-hybridized carbons (Fsp3) is 0.333. The van der Waals surface area contributed by atoms with E-state index >= 15 is 0 Å². The van der Waals surface area contributed by atoms with E-state index in [0.717, 1.165) is 41.4 Å². The third-order valence-electron chi connectivity index (χ3n) is 2.88. The molecule has 1 aliphatic heterocycles. The van der Waals surface area contributed by atoms with Gasteiger partial charge in [0.1, 0.15) is 9.88 Å². The molecule has 0 spiro atoms. The number of thiophene rings is 1. The lowest BCUT2D eigenvalue weighted by atomic mass is 10.4. The van der Waals surface area contributed by atoms with Gasteiger partial charge in [0.2, 0.25) is 0 Å². The highest BCUT2D eigenvalue weighted by Gasteiger charge is 2.21. The highest BCUT2D eigenvalue weighted by atomic mass is 32.1. The topological polar surface area (TPSA) is 33.2 Å². The number of rotatable bonds is 2. The molecule has 88 valence electrons. The Morgan fingerprint density at radius 2 is 2.18 bits per heavy atom. The van der Waals surface area contributed by atoms with Crippen molar-refractivity contribution < 1.29 is 4.79 Å². The molecule has 1 saturated heterocycles. The molecule has 0 bridgehead atoms. The fourth-order valence-electron chi connectivity index (χ4n) is 1.97. The number of hydrogen-bond acceptors (Lipinski definition) is 4. The summed E-state index contributed by atoms with van der Waals surface area (Å²) in [7, 11) is 0. The second-order valence-corrected chi connectivity index (χ2v) is 5.85. The fourth-order valence-corrected chi connectivity index (χ4v) is 3.56. The summed E-state index contributed by atoms with van der Waals surface area (Å²) in [4.78, 5) is 19.1. The van der Waals surface area contributed by atoms with Crippen LogP contribution in [0.15, 0.2) is 23.0 Å². The largest absolute Gasteiger partial charge is 0.338 e. The maximum atomic E-state index is 12.1. The van der Waals surface area contributed by atoms with Crippen molar-refractivity contribution in [3.63, 3.8) is 0 Å². The summed E-state index contributed by atoms with van der Waals surface area (Å²) >= 11 is 3.14. The Balaban J connectivity index is 1.82. The first-order valence-corrected chi connectivity index (χ1v) is 7.38. The molecule has 5 heteroatoms. The van der Waals surface area contributed by atoms with E-state index in [1.165, 1.54) is 11.3 Å². The zero-order valence-electron chi connectivity index (χ0n) is 9.26. The molecule has 0 atom stereocenters. The van der Waals surface area contributed by atoms with Crippen LogP contribution in [0.25, 0.3) is 10.6 Å². The number of thiazole rings is 1. The van der Waals surface area contributed by atoms with E-state index in [4.69, 9.17) is 0 Å². The van der Waals surface area contributed by atoms with Crippen molar-refractivity contribution in [1.29, 1.82) is 0 Å². The number of amides is 1. The van der Waals surface area contributed by atoms with Crippen LogP contribution in [0, 0.1) is 0 Å². The third kappa shape index (κ3) is 2.12. The van der Waals surface area contributed by atoms with Gasteiger partial charge in [0.25, 0.3) is 5.91 Å². The number of hydrogen-bond donors (Lipinski definition) is 0. The number of aromatic nitrogens is 1. The highest BCUT2D eigenvalue weighted by molar-refractivity contribution is 7.17. The Bertz CT molecular complexity index is 512. The quantitative estimate of drug-likeness (QED) is 0.835. The zero-order valence-corrected chi connectivity index (χ0v) is 10.9. The summed E-state index contributed by atoms with van der Waals surface area (Å²) in [5.74, 6) is 0.140. The minimum Gasteiger partial charge on any atom is -0.338 e. The van der Waals surface area contributed by atoms with Crippen LogP contribution in [-0.4, -0.2) is 28.9 Å². The molecule has 2 aromatic rings. The standard InChI is InChI=1S/C12H12N2OS2/c15-12(14-4-1-2-5-14)10-7-13-11(17-10)9-3-6-16-8-9/h3,6-8H,1-2,4-5H2. The van der Waals surface area contributed by atoms with Gasteiger partial charge < -0.3 is 4.90 Å². The molecule has 1 aliphatic rings. The molecule has 0 aromatic carbocycles. The summed E-state index contributed by atoms with van der Waals surface area (Å²) < 4.78 is 0. The van der Waals surface area contributed by atoms with Crippen LogP contribution in [0.4, 0.5) is 0 Å². The Kier molecular flexibility index (Phi) is 2.94. The lowest BCUT2D eigenvalue weighted by molar-refractivity contribution is 0.0797. The summed E-state index contributed by atoms with van der Waals surface area (Å²) in [5.41, 5.74) is 1.11. The minimum absolute atomic E-state index is 0.140. The number of carbonyl (C=O) groups excluding carboxylic acids is 1. The van der Waals surface area contributed by atoms with E-state index in [1.807, 2.05) is 16.3 Å². The van der Waals surface area contributed by atoms with E-state index in [1.54, 1.807) is 17.5 Å². The first-order valence-electron chi connectivity index (χ1n) is 5.62. The molecular formula is C12H12N2OS2. The first kappa shape index (κ1) is 10.9. The third-order valence-corrected chi connectivity index (χ3v) is 4.60. The SMILES string of the molecule is O=C(c1cnc(-c2ccsc2)s1)N1CCCC1. The van der Waals surface area contributed by atoms with E-state index in [-0.39, 0.29) is 5.91 Å². The smallest absolute Gasteiger partial charge is 0.265 e. The molecule has 3 nitrogen and oxygen atoms in total. The molecular weight excluding hydrogens is 252 g/mol. The summed E-state index contributed by atoms with van der Waals surface area (Å²) in [6.45, 7) is 1.79. The van der Waals surface area contributed by atoms with Crippen molar-refractivity contribution in [3.8, 4) is 10.6 Å². The lowest BCUT2D eigenvalue weighted by Gasteiger charge is -2.12. The maximum Gasteiger partial charge on any atom is 0.265 e. The Morgan fingerprint density at radius 3 is 2.88 bits per heavy atom. The van der Waals surface area contributed by atoms with Gasteiger partial charge in [-0.3, -0.25) is 4.79 Å². The van der Waals surface area contributed by atoms with Crippen LogP contribution < -0.4 is 0 Å². The Hall–Kier alpha value is -1.20. The molecule has 0 radical (unpaired) electrons. The van der Waals surface area contributed by atoms with Crippen LogP contribution in [0.5, 0.6) is 0 Å². The van der Waals surface area contributed by atoms with Gasteiger partial charge in [-0.05, 0) is 24.3 Å². The van der Waals surface area contributed by atoms with Crippen LogP contribution in [0.1, 0.15) is 22.5 Å². The minimum atomic E-state index is 0.140. The second kappa shape index (κ2) is 4.58.